The Labute approximate surface area is 105 Å². The van der Waals surface area contributed by atoms with Crippen LogP contribution in [0.25, 0.3) is 0 Å². The minimum absolute atomic E-state index is 0.0493. The number of carboxylic acids is 1. The number of hydrogen-bond acceptors (Lipinski definition) is 4. The number of likely N-dealkylation sites (N-methyl/N-ethyl adjacent to an activating group) is 1. The van der Waals surface area contributed by atoms with Crippen LogP contribution >= 0.6 is 0 Å². The summed E-state index contributed by atoms with van der Waals surface area (Å²) in [5, 5.41) is 16.2. The maximum atomic E-state index is 12.1. The summed E-state index contributed by atoms with van der Waals surface area (Å²) in [5.41, 5.74) is 0.349. The van der Waals surface area contributed by atoms with E-state index in [4.69, 9.17) is 5.11 Å². The Morgan fingerprint density at radius 2 is 2.06 bits per heavy atom. The topological polar surface area (TPSA) is 88.3 Å². The smallest absolute Gasteiger partial charge is 0.309 e. The van der Waals surface area contributed by atoms with E-state index >= 15 is 0 Å². The van der Waals surface area contributed by atoms with E-state index in [0.29, 0.717) is 18.8 Å². The Morgan fingerprint density at radius 1 is 1.44 bits per heavy atom. The molecule has 7 heteroatoms. The Morgan fingerprint density at radius 3 is 2.56 bits per heavy atom. The SMILES string of the molecule is CCN(CC)C(=O)C(C)n1cc(CC(=O)O)nn1. The highest BCUT2D eigenvalue weighted by Crippen LogP contribution is 2.09. The largest absolute Gasteiger partial charge is 0.481 e. The number of carbonyl (C=O) groups excluding carboxylic acids is 1. The molecule has 1 amide bonds. The van der Waals surface area contributed by atoms with E-state index in [2.05, 4.69) is 10.3 Å². The van der Waals surface area contributed by atoms with Gasteiger partial charge < -0.3 is 10.0 Å². The predicted octanol–water partition coefficient (Wildman–Crippen LogP) is 0.335. The summed E-state index contributed by atoms with van der Waals surface area (Å²) in [7, 11) is 0. The molecule has 7 nitrogen and oxygen atoms in total. The fourth-order valence-electron chi connectivity index (χ4n) is 1.65. The zero-order valence-electron chi connectivity index (χ0n) is 10.8. The minimum Gasteiger partial charge on any atom is -0.481 e. The minimum atomic E-state index is -0.968. The van der Waals surface area contributed by atoms with Crippen LogP contribution in [0.1, 0.15) is 32.5 Å². The summed E-state index contributed by atoms with van der Waals surface area (Å²) in [4.78, 5) is 24.3. The number of hydrogen-bond donors (Lipinski definition) is 1. The first-order valence-electron chi connectivity index (χ1n) is 5.90. The Bertz CT molecular complexity index is 426. The van der Waals surface area contributed by atoms with Crippen LogP contribution in [0.15, 0.2) is 6.20 Å². The molecule has 0 saturated heterocycles. The Hall–Kier alpha value is -1.92. The summed E-state index contributed by atoms with van der Waals surface area (Å²) in [6, 6.07) is -0.472. The van der Waals surface area contributed by atoms with Gasteiger partial charge >= 0.3 is 5.97 Å². The van der Waals surface area contributed by atoms with Crippen LogP contribution in [0.4, 0.5) is 0 Å². The third-order valence-electron chi connectivity index (χ3n) is 2.72. The molecule has 0 radical (unpaired) electrons. The maximum Gasteiger partial charge on any atom is 0.309 e. The lowest BCUT2D eigenvalue weighted by Gasteiger charge is -2.22. The van der Waals surface area contributed by atoms with Crippen LogP contribution in [-0.4, -0.2) is 50.0 Å². The maximum absolute atomic E-state index is 12.1. The number of carboxylic acid groups (broad SMARTS) is 1. The molecule has 1 rings (SSSR count). The van der Waals surface area contributed by atoms with Gasteiger partial charge in [0.15, 0.2) is 0 Å². The molecule has 1 aromatic heterocycles. The van der Waals surface area contributed by atoms with E-state index in [9.17, 15) is 9.59 Å². The number of nitrogens with zero attached hydrogens (tertiary/aromatic N) is 4. The molecule has 1 atom stereocenters. The van der Waals surface area contributed by atoms with Gasteiger partial charge in [-0.2, -0.15) is 0 Å². The molecule has 0 aliphatic carbocycles. The van der Waals surface area contributed by atoms with Crippen molar-refractivity contribution >= 4 is 11.9 Å². The van der Waals surface area contributed by atoms with Crippen molar-refractivity contribution in [3.8, 4) is 0 Å². The van der Waals surface area contributed by atoms with Gasteiger partial charge in [-0.15, -0.1) is 5.10 Å². The summed E-state index contributed by atoms with van der Waals surface area (Å²) in [5.74, 6) is -1.02. The highest BCUT2D eigenvalue weighted by molar-refractivity contribution is 5.79. The Balaban J connectivity index is 2.77. The van der Waals surface area contributed by atoms with E-state index in [0.717, 1.165) is 0 Å². The van der Waals surface area contributed by atoms with Crippen molar-refractivity contribution in [2.75, 3.05) is 13.1 Å². The van der Waals surface area contributed by atoms with E-state index in [1.807, 2.05) is 13.8 Å². The molecule has 100 valence electrons. The van der Waals surface area contributed by atoms with Crippen molar-refractivity contribution in [2.24, 2.45) is 0 Å². The molecule has 0 aliphatic heterocycles. The van der Waals surface area contributed by atoms with Crippen LogP contribution in [0.5, 0.6) is 0 Å². The van der Waals surface area contributed by atoms with E-state index in [1.54, 1.807) is 11.8 Å². The van der Waals surface area contributed by atoms with Gasteiger partial charge in [-0.25, -0.2) is 4.68 Å². The standard InChI is InChI=1S/C11H18N4O3/c1-4-14(5-2)11(18)8(3)15-7-9(12-13-15)6-10(16)17/h7-8H,4-6H2,1-3H3,(H,16,17). The monoisotopic (exact) mass is 254 g/mol. The third-order valence-corrected chi connectivity index (χ3v) is 2.72. The van der Waals surface area contributed by atoms with Crippen molar-refractivity contribution in [3.63, 3.8) is 0 Å². The van der Waals surface area contributed by atoms with E-state index in [1.165, 1.54) is 10.9 Å². The zero-order chi connectivity index (χ0) is 13.7. The number of aliphatic carboxylic acids is 1. The average molecular weight is 254 g/mol. The van der Waals surface area contributed by atoms with Crippen molar-refractivity contribution in [1.29, 1.82) is 0 Å². The van der Waals surface area contributed by atoms with Gasteiger partial charge in [-0.1, -0.05) is 5.21 Å². The van der Waals surface area contributed by atoms with Gasteiger partial charge in [-0.05, 0) is 20.8 Å². The molecule has 18 heavy (non-hydrogen) atoms. The van der Waals surface area contributed by atoms with Crippen LogP contribution < -0.4 is 0 Å². The second kappa shape index (κ2) is 6.13. The Kier molecular flexibility index (Phi) is 4.82. The van der Waals surface area contributed by atoms with Gasteiger partial charge in [0.25, 0.3) is 0 Å². The fourth-order valence-corrected chi connectivity index (χ4v) is 1.65. The first-order valence-corrected chi connectivity index (χ1v) is 5.90. The molecule has 0 aliphatic rings. The fraction of sp³-hybridized carbons (Fsp3) is 0.636. The van der Waals surface area contributed by atoms with Gasteiger partial charge in [0.2, 0.25) is 5.91 Å². The summed E-state index contributed by atoms with van der Waals surface area (Å²) < 4.78 is 1.40. The van der Waals surface area contributed by atoms with E-state index < -0.39 is 12.0 Å². The number of amides is 1. The van der Waals surface area contributed by atoms with Crippen LogP contribution in [-0.2, 0) is 16.0 Å². The molecular weight excluding hydrogens is 236 g/mol. The zero-order valence-corrected chi connectivity index (χ0v) is 10.8. The molecule has 0 saturated carbocycles. The summed E-state index contributed by atoms with van der Waals surface area (Å²) in [6.45, 7) is 6.81. The van der Waals surface area contributed by atoms with Crippen molar-refractivity contribution in [1.82, 2.24) is 19.9 Å². The summed E-state index contributed by atoms with van der Waals surface area (Å²) in [6.07, 6.45) is 1.31. The lowest BCUT2D eigenvalue weighted by Crippen LogP contribution is -2.36. The van der Waals surface area contributed by atoms with Gasteiger partial charge in [-0.3, -0.25) is 9.59 Å². The molecule has 0 bridgehead atoms. The molecule has 1 aromatic rings. The quantitative estimate of drug-likeness (QED) is 0.790. The number of aromatic nitrogens is 3. The van der Waals surface area contributed by atoms with Gasteiger partial charge in [0, 0.05) is 19.3 Å². The summed E-state index contributed by atoms with van der Waals surface area (Å²) >= 11 is 0. The average Bonchev–Trinajstić information content (AvgIpc) is 2.77. The van der Waals surface area contributed by atoms with Gasteiger partial charge in [0.05, 0.1) is 12.1 Å². The second-order valence-corrected chi connectivity index (χ2v) is 3.95. The molecular formula is C11H18N4O3. The molecule has 1 heterocycles. The molecule has 1 N–H and O–H groups in total. The molecule has 0 fully saturated rings. The highest BCUT2D eigenvalue weighted by Gasteiger charge is 2.21. The van der Waals surface area contributed by atoms with Crippen molar-refractivity contribution in [3.05, 3.63) is 11.9 Å². The number of carbonyl (C=O) groups is 2. The van der Waals surface area contributed by atoms with E-state index in [-0.39, 0.29) is 12.3 Å². The highest BCUT2D eigenvalue weighted by atomic mass is 16.4. The van der Waals surface area contributed by atoms with Crippen molar-refractivity contribution < 1.29 is 14.7 Å². The first-order chi connectivity index (χ1) is 8.49. The molecule has 0 spiro atoms. The second-order valence-electron chi connectivity index (χ2n) is 3.95. The van der Waals surface area contributed by atoms with Crippen LogP contribution in [0.3, 0.4) is 0 Å². The predicted molar refractivity (Wildman–Crippen MR) is 64.0 cm³/mol. The first kappa shape index (κ1) is 14.1. The molecule has 0 aromatic carbocycles. The van der Waals surface area contributed by atoms with Gasteiger partial charge in [0.1, 0.15) is 6.04 Å². The van der Waals surface area contributed by atoms with Crippen molar-refractivity contribution in [2.45, 2.75) is 33.2 Å². The third kappa shape index (κ3) is 3.28. The number of rotatable bonds is 6. The lowest BCUT2D eigenvalue weighted by atomic mass is 10.2. The van der Waals surface area contributed by atoms with Crippen LogP contribution in [0, 0.1) is 0 Å². The molecule has 1 unspecified atom stereocenters. The lowest BCUT2D eigenvalue weighted by molar-refractivity contribution is -0.136. The normalized spacial score (nSPS) is 12.2. The van der Waals surface area contributed by atoms with Crippen LogP contribution in [0.2, 0.25) is 0 Å².